The van der Waals surface area contributed by atoms with Gasteiger partial charge in [-0.15, -0.1) is 0 Å². The molecule has 0 aliphatic heterocycles. The van der Waals surface area contributed by atoms with Gasteiger partial charge in [-0.1, -0.05) is 6.92 Å². The average molecular weight is 375 g/mol. The lowest BCUT2D eigenvalue weighted by Crippen LogP contribution is -2.18. The second-order valence-electron chi connectivity index (χ2n) is 6.91. The zero-order chi connectivity index (χ0) is 19.5. The fourth-order valence-corrected chi connectivity index (χ4v) is 3.44. The molecule has 0 spiro atoms. The van der Waals surface area contributed by atoms with Crippen LogP contribution in [0, 0.1) is 5.82 Å². The summed E-state index contributed by atoms with van der Waals surface area (Å²) in [5.41, 5.74) is 5.32. The van der Waals surface area contributed by atoms with Crippen LogP contribution in [0.4, 0.5) is 4.39 Å². The van der Waals surface area contributed by atoms with Crippen molar-refractivity contribution in [3.05, 3.63) is 72.6 Å². The number of fused-ring (bicyclic) bond motifs is 1. The number of aromatic nitrogens is 4. The third kappa shape index (κ3) is 3.64. The van der Waals surface area contributed by atoms with Crippen LogP contribution in [0.5, 0.6) is 0 Å². The van der Waals surface area contributed by atoms with Gasteiger partial charge in [-0.3, -0.25) is 4.40 Å². The number of imidazole rings is 1. The third-order valence-corrected chi connectivity index (χ3v) is 4.69. The molecule has 0 aliphatic carbocycles. The van der Waals surface area contributed by atoms with E-state index in [-0.39, 0.29) is 5.82 Å². The van der Waals surface area contributed by atoms with Gasteiger partial charge in [0.2, 0.25) is 0 Å². The van der Waals surface area contributed by atoms with Gasteiger partial charge in [-0.05, 0) is 68.0 Å². The van der Waals surface area contributed by atoms with Crippen LogP contribution in [0.25, 0.3) is 28.3 Å². The van der Waals surface area contributed by atoms with Crippen molar-refractivity contribution in [2.24, 2.45) is 0 Å². The SMILES string of the molecule is CCCN(C)Cc1ccn2c(-c3ccncn3)c(-c3ccc(F)cc3)nc2c1. The van der Waals surface area contributed by atoms with Gasteiger partial charge in [-0.2, -0.15) is 0 Å². The van der Waals surface area contributed by atoms with Crippen LogP contribution in [0.3, 0.4) is 0 Å². The molecule has 0 amide bonds. The van der Waals surface area contributed by atoms with Gasteiger partial charge in [0.1, 0.15) is 17.8 Å². The van der Waals surface area contributed by atoms with Crippen LogP contribution in [0.2, 0.25) is 0 Å². The summed E-state index contributed by atoms with van der Waals surface area (Å²) in [6.45, 7) is 4.09. The van der Waals surface area contributed by atoms with E-state index in [0.717, 1.165) is 47.8 Å². The highest BCUT2D eigenvalue weighted by Crippen LogP contribution is 2.32. The van der Waals surface area contributed by atoms with Crippen molar-refractivity contribution >= 4 is 5.65 Å². The van der Waals surface area contributed by atoms with Crippen molar-refractivity contribution in [1.29, 1.82) is 0 Å². The fraction of sp³-hybridized carbons (Fsp3) is 0.227. The van der Waals surface area contributed by atoms with Gasteiger partial charge in [0.05, 0.1) is 17.1 Å². The lowest BCUT2D eigenvalue weighted by Gasteiger charge is -2.15. The molecule has 5 nitrogen and oxygen atoms in total. The highest BCUT2D eigenvalue weighted by atomic mass is 19.1. The zero-order valence-electron chi connectivity index (χ0n) is 16.0. The molecule has 0 atom stereocenters. The number of nitrogens with zero attached hydrogens (tertiary/aromatic N) is 5. The molecule has 142 valence electrons. The highest BCUT2D eigenvalue weighted by molar-refractivity contribution is 5.80. The van der Waals surface area contributed by atoms with Crippen molar-refractivity contribution in [1.82, 2.24) is 24.3 Å². The molecule has 0 saturated heterocycles. The van der Waals surface area contributed by atoms with Gasteiger partial charge in [0.25, 0.3) is 0 Å². The van der Waals surface area contributed by atoms with Crippen LogP contribution in [-0.2, 0) is 6.54 Å². The minimum absolute atomic E-state index is 0.266. The van der Waals surface area contributed by atoms with Crippen molar-refractivity contribution in [2.45, 2.75) is 19.9 Å². The number of pyridine rings is 1. The smallest absolute Gasteiger partial charge is 0.138 e. The minimum Gasteiger partial charge on any atom is -0.302 e. The van der Waals surface area contributed by atoms with E-state index in [2.05, 4.69) is 41.0 Å². The Balaban J connectivity index is 1.85. The summed E-state index contributed by atoms with van der Waals surface area (Å²) in [4.78, 5) is 15.6. The predicted octanol–water partition coefficient (Wildman–Crippen LogP) is 4.44. The summed E-state index contributed by atoms with van der Waals surface area (Å²) in [7, 11) is 2.12. The molecule has 4 aromatic rings. The first-order valence-electron chi connectivity index (χ1n) is 9.37. The maximum atomic E-state index is 13.4. The summed E-state index contributed by atoms with van der Waals surface area (Å²) in [5.74, 6) is -0.266. The summed E-state index contributed by atoms with van der Waals surface area (Å²) < 4.78 is 15.4. The molecule has 0 N–H and O–H groups in total. The molecular weight excluding hydrogens is 353 g/mol. The maximum absolute atomic E-state index is 13.4. The van der Waals surface area contributed by atoms with E-state index in [4.69, 9.17) is 4.98 Å². The lowest BCUT2D eigenvalue weighted by atomic mass is 10.1. The molecule has 0 radical (unpaired) electrons. The largest absolute Gasteiger partial charge is 0.302 e. The van der Waals surface area contributed by atoms with E-state index in [1.807, 2.05) is 16.7 Å². The van der Waals surface area contributed by atoms with Gasteiger partial charge < -0.3 is 4.90 Å². The van der Waals surface area contributed by atoms with Crippen molar-refractivity contribution < 1.29 is 4.39 Å². The number of benzene rings is 1. The molecule has 0 saturated carbocycles. The Morgan fingerprint density at radius 2 is 1.93 bits per heavy atom. The Hall–Kier alpha value is -3.12. The molecule has 3 heterocycles. The second-order valence-corrected chi connectivity index (χ2v) is 6.91. The van der Waals surface area contributed by atoms with Crippen molar-refractivity contribution in [2.75, 3.05) is 13.6 Å². The molecule has 4 rings (SSSR count). The van der Waals surface area contributed by atoms with E-state index in [1.54, 1.807) is 18.3 Å². The van der Waals surface area contributed by atoms with E-state index in [1.165, 1.54) is 24.0 Å². The van der Waals surface area contributed by atoms with Crippen molar-refractivity contribution in [3.63, 3.8) is 0 Å². The number of hydrogen-bond acceptors (Lipinski definition) is 4. The Kier molecular flexibility index (Phi) is 5.12. The second kappa shape index (κ2) is 7.86. The first-order valence-corrected chi connectivity index (χ1v) is 9.37. The summed E-state index contributed by atoms with van der Waals surface area (Å²) in [5, 5.41) is 0. The highest BCUT2D eigenvalue weighted by Gasteiger charge is 2.17. The van der Waals surface area contributed by atoms with Crippen molar-refractivity contribution in [3.8, 4) is 22.6 Å². The monoisotopic (exact) mass is 375 g/mol. The van der Waals surface area contributed by atoms with E-state index in [9.17, 15) is 4.39 Å². The van der Waals surface area contributed by atoms with E-state index < -0.39 is 0 Å². The molecular formula is C22H22FN5. The number of halogens is 1. The Bertz CT molecular complexity index is 1070. The van der Waals surface area contributed by atoms with Crippen LogP contribution in [0.1, 0.15) is 18.9 Å². The molecule has 0 unspecified atom stereocenters. The predicted molar refractivity (Wildman–Crippen MR) is 108 cm³/mol. The van der Waals surface area contributed by atoms with E-state index in [0.29, 0.717) is 0 Å². The molecule has 0 fully saturated rings. The lowest BCUT2D eigenvalue weighted by molar-refractivity contribution is 0.327. The molecule has 6 heteroatoms. The molecule has 3 aromatic heterocycles. The number of rotatable bonds is 6. The average Bonchev–Trinajstić information content (AvgIpc) is 3.08. The number of hydrogen-bond donors (Lipinski definition) is 0. The summed E-state index contributed by atoms with van der Waals surface area (Å²) >= 11 is 0. The van der Waals surface area contributed by atoms with Crippen LogP contribution in [0.15, 0.2) is 61.2 Å². The zero-order valence-corrected chi connectivity index (χ0v) is 16.0. The Morgan fingerprint density at radius 3 is 2.64 bits per heavy atom. The van der Waals surface area contributed by atoms with Gasteiger partial charge in [0, 0.05) is 24.5 Å². The van der Waals surface area contributed by atoms with Gasteiger partial charge in [-0.25, -0.2) is 19.3 Å². The van der Waals surface area contributed by atoms with Crippen LogP contribution in [-0.4, -0.2) is 37.8 Å². The Morgan fingerprint density at radius 1 is 1.11 bits per heavy atom. The Labute approximate surface area is 163 Å². The van der Waals surface area contributed by atoms with Crippen LogP contribution < -0.4 is 0 Å². The molecule has 28 heavy (non-hydrogen) atoms. The third-order valence-electron chi connectivity index (χ3n) is 4.69. The topological polar surface area (TPSA) is 46.3 Å². The fourth-order valence-electron chi connectivity index (χ4n) is 3.44. The minimum atomic E-state index is -0.266. The summed E-state index contributed by atoms with van der Waals surface area (Å²) in [6, 6.07) is 12.5. The maximum Gasteiger partial charge on any atom is 0.138 e. The first kappa shape index (κ1) is 18.3. The quantitative estimate of drug-likeness (QED) is 0.500. The van der Waals surface area contributed by atoms with Crippen LogP contribution >= 0.6 is 0 Å². The first-order chi connectivity index (χ1) is 13.7. The van der Waals surface area contributed by atoms with E-state index >= 15 is 0 Å². The molecule has 1 aromatic carbocycles. The normalized spacial score (nSPS) is 11.4. The van der Waals surface area contributed by atoms with Gasteiger partial charge >= 0.3 is 0 Å². The molecule has 0 aliphatic rings. The van der Waals surface area contributed by atoms with Gasteiger partial charge in [0.15, 0.2) is 0 Å². The standard InChI is InChI=1S/C22H22FN5/c1-3-11-27(2)14-16-9-12-28-20(13-16)26-21(17-4-6-18(23)7-5-17)22(28)19-8-10-24-15-25-19/h4-10,12-13,15H,3,11,14H2,1-2H3. The molecule has 0 bridgehead atoms. The summed E-state index contributed by atoms with van der Waals surface area (Å²) in [6.07, 6.45) is 6.39.